The van der Waals surface area contributed by atoms with E-state index in [1.54, 1.807) is 38.1 Å². The highest BCUT2D eigenvalue weighted by Gasteiger charge is 2.18. The molecule has 0 amide bonds. The first kappa shape index (κ1) is 19.9. The number of sulfonamides is 1. The smallest absolute Gasteiger partial charge is 0.335 e. The van der Waals surface area contributed by atoms with Crippen LogP contribution in [0.4, 0.5) is 5.69 Å². The van der Waals surface area contributed by atoms with Crippen molar-refractivity contribution >= 4 is 33.0 Å². The number of phenolic OH excluding ortho intramolecular Hbond substituents is 1. The molecule has 0 spiro atoms. The number of hydrogen-bond acceptors (Lipinski definition) is 5. The molecule has 0 aliphatic heterocycles. The van der Waals surface area contributed by atoms with E-state index < -0.39 is 21.2 Å². The van der Waals surface area contributed by atoms with E-state index in [2.05, 4.69) is 4.72 Å². The number of rotatable bonds is 6. The molecule has 0 aliphatic rings. The predicted molar refractivity (Wildman–Crippen MR) is 111 cm³/mol. The summed E-state index contributed by atoms with van der Waals surface area (Å²) in [5, 5.41) is 20.4. The van der Waals surface area contributed by atoms with E-state index in [1.165, 1.54) is 23.5 Å². The Morgan fingerprint density at radius 1 is 1.04 bits per heavy atom. The lowest BCUT2D eigenvalue weighted by Crippen LogP contribution is -2.22. The number of aromatic hydroxyl groups is 1. The minimum Gasteiger partial charge on any atom is -0.507 e. The molecule has 1 aromatic heterocycles. The maximum atomic E-state index is 12.2. The maximum Gasteiger partial charge on any atom is 0.335 e. The molecule has 0 unspecified atom stereocenters. The second kappa shape index (κ2) is 7.65. The molecule has 0 fully saturated rings. The van der Waals surface area contributed by atoms with E-state index in [-0.39, 0.29) is 11.3 Å². The van der Waals surface area contributed by atoms with Gasteiger partial charge in [-0.15, -0.1) is 11.3 Å². The van der Waals surface area contributed by atoms with Crippen LogP contribution in [-0.4, -0.2) is 29.9 Å². The molecule has 0 saturated heterocycles. The maximum absolute atomic E-state index is 12.2. The Morgan fingerprint density at radius 2 is 1.68 bits per heavy atom. The van der Waals surface area contributed by atoms with Gasteiger partial charge in [0, 0.05) is 5.56 Å². The third kappa shape index (κ3) is 4.02. The number of anilines is 1. The van der Waals surface area contributed by atoms with Crippen LogP contribution in [0.1, 0.15) is 24.2 Å². The Labute approximate surface area is 167 Å². The molecule has 3 N–H and O–H groups in total. The van der Waals surface area contributed by atoms with Crippen LogP contribution >= 0.6 is 11.3 Å². The van der Waals surface area contributed by atoms with Crippen LogP contribution in [-0.2, 0) is 10.0 Å². The summed E-state index contributed by atoms with van der Waals surface area (Å²) >= 11 is 1.42. The number of carboxylic acids is 1. The number of thiophene rings is 1. The summed E-state index contributed by atoms with van der Waals surface area (Å²) in [5.41, 5.74) is 2.61. The molecule has 0 aliphatic carbocycles. The highest BCUT2D eigenvalue weighted by molar-refractivity contribution is 7.93. The van der Waals surface area contributed by atoms with Crippen molar-refractivity contribution in [2.24, 2.45) is 0 Å². The average molecular weight is 418 g/mol. The van der Waals surface area contributed by atoms with E-state index in [0.29, 0.717) is 11.3 Å². The standard InChI is InChI=1S/C20H19NO5S2/c1-12(2)28(25,26)21-17-9-10-27-19(17)14-5-3-13(4-6-14)16-8-7-15(20(23)24)11-18(16)22/h3-12,21-22H,1-2H3,(H,23,24). The molecule has 0 bridgehead atoms. The first-order chi connectivity index (χ1) is 13.2. The lowest BCUT2D eigenvalue weighted by atomic mass is 10.0. The van der Waals surface area contributed by atoms with E-state index in [9.17, 15) is 18.3 Å². The van der Waals surface area contributed by atoms with Gasteiger partial charge in [0.2, 0.25) is 10.0 Å². The highest BCUT2D eigenvalue weighted by Crippen LogP contribution is 2.37. The zero-order valence-corrected chi connectivity index (χ0v) is 16.8. The zero-order valence-electron chi connectivity index (χ0n) is 15.2. The molecule has 3 rings (SSSR count). The van der Waals surface area contributed by atoms with Gasteiger partial charge in [-0.25, -0.2) is 13.2 Å². The molecule has 0 atom stereocenters. The Hall–Kier alpha value is -2.84. The van der Waals surface area contributed by atoms with Crippen LogP contribution in [0.25, 0.3) is 21.6 Å². The first-order valence-corrected chi connectivity index (χ1v) is 10.9. The fraction of sp³-hybridized carbons (Fsp3) is 0.150. The number of hydrogen-bond donors (Lipinski definition) is 3. The molecule has 0 radical (unpaired) electrons. The van der Waals surface area contributed by atoms with Crippen molar-refractivity contribution in [3.05, 3.63) is 59.5 Å². The van der Waals surface area contributed by atoms with Crippen molar-refractivity contribution in [2.75, 3.05) is 4.72 Å². The molecule has 28 heavy (non-hydrogen) atoms. The van der Waals surface area contributed by atoms with Crippen LogP contribution in [0.15, 0.2) is 53.9 Å². The topological polar surface area (TPSA) is 104 Å². The van der Waals surface area contributed by atoms with Crippen LogP contribution in [0.5, 0.6) is 5.75 Å². The molecule has 2 aromatic carbocycles. The van der Waals surface area contributed by atoms with E-state index in [0.717, 1.165) is 16.0 Å². The van der Waals surface area contributed by atoms with Gasteiger partial charge in [-0.1, -0.05) is 24.3 Å². The Balaban J connectivity index is 1.91. The molecule has 1 heterocycles. The predicted octanol–water partition coefficient (Wildman–Crippen LogP) is 4.64. The summed E-state index contributed by atoms with van der Waals surface area (Å²) in [6.07, 6.45) is 0. The Bertz CT molecular complexity index is 1120. The fourth-order valence-electron chi connectivity index (χ4n) is 2.59. The summed E-state index contributed by atoms with van der Waals surface area (Å²) < 4.78 is 26.9. The molecule has 146 valence electrons. The number of carbonyl (C=O) groups is 1. The summed E-state index contributed by atoms with van der Waals surface area (Å²) in [5.74, 6) is -1.22. The fourth-order valence-corrected chi connectivity index (χ4v) is 4.23. The molecule has 0 saturated carbocycles. The number of benzene rings is 2. The molecule has 6 nitrogen and oxygen atoms in total. The average Bonchev–Trinajstić information content (AvgIpc) is 3.09. The monoisotopic (exact) mass is 417 g/mol. The lowest BCUT2D eigenvalue weighted by molar-refractivity contribution is 0.0696. The second-order valence-electron chi connectivity index (χ2n) is 6.47. The summed E-state index contributed by atoms with van der Waals surface area (Å²) in [6, 6.07) is 13.2. The van der Waals surface area contributed by atoms with Crippen molar-refractivity contribution in [1.82, 2.24) is 0 Å². The van der Waals surface area contributed by atoms with Crippen molar-refractivity contribution < 1.29 is 23.4 Å². The lowest BCUT2D eigenvalue weighted by Gasteiger charge is -2.12. The third-order valence-electron chi connectivity index (χ3n) is 4.24. The highest BCUT2D eigenvalue weighted by atomic mass is 32.2. The zero-order chi connectivity index (χ0) is 20.5. The molecular formula is C20H19NO5S2. The molecule has 8 heteroatoms. The van der Waals surface area contributed by atoms with Crippen molar-refractivity contribution in [2.45, 2.75) is 19.1 Å². The number of aromatic carboxylic acids is 1. The quantitative estimate of drug-likeness (QED) is 0.542. The van der Waals surface area contributed by atoms with Crippen LogP contribution in [0.2, 0.25) is 0 Å². The van der Waals surface area contributed by atoms with Crippen molar-refractivity contribution in [3.8, 4) is 27.3 Å². The van der Waals surface area contributed by atoms with Crippen LogP contribution in [0, 0.1) is 0 Å². The molecular weight excluding hydrogens is 398 g/mol. The van der Waals surface area contributed by atoms with Crippen LogP contribution in [0.3, 0.4) is 0 Å². The van der Waals surface area contributed by atoms with Gasteiger partial charge >= 0.3 is 5.97 Å². The molecule has 3 aromatic rings. The third-order valence-corrected chi connectivity index (χ3v) is 6.95. The second-order valence-corrected chi connectivity index (χ2v) is 9.63. The van der Waals surface area contributed by atoms with E-state index in [1.807, 2.05) is 17.5 Å². The summed E-state index contributed by atoms with van der Waals surface area (Å²) in [4.78, 5) is 11.8. The number of phenols is 1. The van der Waals surface area contributed by atoms with Crippen molar-refractivity contribution in [3.63, 3.8) is 0 Å². The normalized spacial score (nSPS) is 11.5. The summed E-state index contributed by atoms with van der Waals surface area (Å²) in [7, 11) is -3.44. The van der Waals surface area contributed by atoms with Gasteiger partial charge in [0.1, 0.15) is 5.75 Å². The van der Waals surface area contributed by atoms with Gasteiger partial charge in [0.05, 0.1) is 21.4 Å². The summed E-state index contributed by atoms with van der Waals surface area (Å²) in [6.45, 7) is 3.23. The van der Waals surface area contributed by atoms with Gasteiger partial charge in [0.15, 0.2) is 0 Å². The van der Waals surface area contributed by atoms with E-state index in [4.69, 9.17) is 5.11 Å². The van der Waals surface area contributed by atoms with E-state index >= 15 is 0 Å². The minimum absolute atomic E-state index is 0.0125. The van der Waals surface area contributed by atoms with Crippen LogP contribution < -0.4 is 4.72 Å². The number of nitrogens with one attached hydrogen (secondary N) is 1. The number of carboxylic acid groups (broad SMARTS) is 1. The Morgan fingerprint density at radius 3 is 2.25 bits per heavy atom. The Kier molecular flexibility index (Phi) is 5.44. The van der Waals surface area contributed by atoms with Gasteiger partial charge in [-0.05, 0) is 54.6 Å². The van der Waals surface area contributed by atoms with Gasteiger partial charge in [-0.2, -0.15) is 0 Å². The first-order valence-electron chi connectivity index (χ1n) is 8.45. The minimum atomic E-state index is -3.44. The SMILES string of the molecule is CC(C)S(=O)(=O)Nc1ccsc1-c1ccc(-c2ccc(C(=O)O)cc2O)cc1. The van der Waals surface area contributed by atoms with Crippen molar-refractivity contribution in [1.29, 1.82) is 0 Å². The van der Waals surface area contributed by atoms with Gasteiger partial charge < -0.3 is 10.2 Å². The largest absolute Gasteiger partial charge is 0.507 e. The van der Waals surface area contributed by atoms with Gasteiger partial charge in [0.25, 0.3) is 0 Å². The van der Waals surface area contributed by atoms with Gasteiger partial charge in [-0.3, -0.25) is 4.72 Å².